The zero-order chi connectivity index (χ0) is 21.7. The predicted octanol–water partition coefficient (Wildman–Crippen LogP) is 3.82. The van der Waals surface area contributed by atoms with E-state index >= 15 is 0 Å². The molecule has 0 amide bonds. The highest BCUT2D eigenvalue weighted by Gasteiger charge is 2.30. The number of pyridine rings is 2. The van der Waals surface area contributed by atoms with E-state index in [9.17, 15) is 9.90 Å². The number of aromatic amines is 1. The zero-order valence-corrected chi connectivity index (χ0v) is 18.5. The highest BCUT2D eigenvalue weighted by atomic mass is 16.3. The van der Waals surface area contributed by atoms with E-state index in [1.165, 1.54) is 12.8 Å². The van der Waals surface area contributed by atoms with Crippen molar-refractivity contribution in [2.24, 2.45) is 0 Å². The number of nitrogens with one attached hydrogen (secondary N) is 2. The molecule has 3 heterocycles. The normalized spacial score (nSPS) is 18.2. The van der Waals surface area contributed by atoms with E-state index in [-0.39, 0.29) is 5.56 Å². The van der Waals surface area contributed by atoms with Crippen LogP contribution in [0.4, 0.5) is 0 Å². The van der Waals surface area contributed by atoms with E-state index < -0.39 is 6.23 Å². The fraction of sp³-hybridized carbons (Fsp3) is 0.542. The minimum absolute atomic E-state index is 0.110. The molecule has 1 unspecified atom stereocenters. The Morgan fingerprint density at radius 1 is 1.19 bits per heavy atom. The largest absolute Gasteiger partial charge is 0.374 e. The molecule has 3 aromatic heterocycles. The van der Waals surface area contributed by atoms with Crippen molar-refractivity contribution in [2.45, 2.75) is 84.0 Å². The second kappa shape index (κ2) is 7.88. The number of aryl methyl sites for hydroxylation is 3. The molecule has 164 valence electrons. The summed E-state index contributed by atoms with van der Waals surface area (Å²) < 4.78 is 2.11. The predicted molar refractivity (Wildman–Crippen MR) is 120 cm³/mol. The van der Waals surface area contributed by atoms with E-state index in [1.807, 2.05) is 32.9 Å². The van der Waals surface area contributed by atoms with E-state index in [1.54, 1.807) is 0 Å². The first-order chi connectivity index (χ1) is 14.9. The van der Waals surface area contributed by atoms with Crippen LogP contribution in [0.1, 0.15) is 90.5 Å². The summed E-state index contributed by atoms with van der Waals surface area (Å²) in [4.78, 5) is 20.2. The van der Waals surface area contributed by atoms with Gasteiger partial charge in [-0.15, -0.1) is 0 Å². The number of nitrogens with zero attached hydrogens (tertiary/aromatic N) is 3. The molecule has 5 rings (SSSR count). The summed E-state index contributed by atoms with van der Waals surface area (Å²) in [5.41, 5.74) is 5.96. The molecule has 1 atom stereocenters. The minimum Gasteiger partial charge on any atom is -0.374 e. The van der Waals surface area contributed by atoms with Gasteiger partial charge in [0.1, 0.15) is 6.23 Å². The SMILES string of the molecule is Cc1cc(C)c(CNC(O)c2cc(C3CC3)nc3c2c(C)nn3C2CCCC2)c(=O)[nH]1. The summed E-state index contributed by atoms with van der Waals surface area (Å²) in [7, 11) is 0. The molecule has 0 spiro atoms. The Morgan fingerprint density at radius 3 is 2.61 bits per heavy atom. The Kier molecular flexibility index (Phi) is 5.18. The molecule has 0 aromatic carbocycles. The maximum Gasteiger partial charge on any atom is 0.252 e. The molecule has 7 nitrogen and oxygen atoms in total. The van der Waals surface area contributed by atoms with E-state index in [4.69, 9.17) is 10.1 Å². The van der Waals surface area contributed by atoms with Crippen LogP contribution in [0.3, 0.4) is 0 Å². The van der Waals surface area contributed by atoms with Gasteiger partial charge in [0.05, 0.1) is 11.7 Å². The average molecular weight is 422 g/mol. The summed E-state index contributed by atoms with van der Waals surface area (Å²) in [6.45, 7) is 6.09. The number of rotatable bonds is 6. The summed E-state index contributed by atoms with van der Waals surface area (Å²) in [5.74, 6) is 0.477. The van der Waals surface area contributed by atoms with Gasteiger partial charge < -0.3 is 10.1 Å². The molecule has 2 fully saturated rings. The number of aliphatic hydroxyl groups excluding tert-OH is 1. The lowest BCUT2D eigenvalue weighted by Crippen LogP contribution is -2.26. The lowest BCUT2D eigenvalue weighted by Gasteiger charge is -2.17. The molecule has 0 radical (unpaired) electrons. The number of fused-ring (bicyclic) bond motifs is 1. The van der Waals surface area contributed by atoms with Gasteiger partial charge in [0.15, 0.2) is 5.65 Å². The van der Waals surface area contributed by atoms with Gasteiger partial charge in [-0.3, -0.25) is 10.1 Å². The van der Waals surface area contributed by atoms with Gasteiger partial charge in [0, 0.05) is 40.4 Å². The van der Waals surface area contributed by atoms with Gasteiger partial charge in [0.25, 0.3) is 5.56 Å². The van der Waals surface area contributed by atoms with Crippen LogP contribution >= 0.6 is 0 Å². The molecule has 2 aliphatic carbocycles. The summed E-state index contributed by atoms with van der Waals surface area (Å²) in [5, 5.41) is 20.1. The third kappa shape index (κ3) is 3.81. The monoisotopic (exact) mass is 421 g/mol. The van der Waals surface area contributed by atoms with Gasteiger partial charge in [-0.25, -0.2) is 9.67 Å². The first-order valence-corrected chi connectivity index (χ1v) is 11.4. The number of aromatic nitrogens is 4. The number of hydrogen-bond acceptors (Lipinski definition) is 5. The average Bonchev–Trinajstić information content (AvgIpc) is 3.33. The van der Waals surface area contributed by atoms with Crippen LogP contribution in [-0.2, 0) is 6.54 Å². The van der Waals surface area contributed by atoms with Crippen LogP contribution < -0.4 is 10.9 Å². The lowest BCUT2D eigenvalue weighted by molar-refractivity contribution is 0.138. The van der Waals surface area contributed by atoms with Crippen molar-refractivity contribution in [3.63, 3.8) is 0 Å². The lowest BCUT2D eigenvalue weighted by atomic mass is 10.1. The van der Waals surface area contributed by atoms with Crippen molar-refractivity contribution in [3.05, 3.63) is 56.3 Å². The van der Waals surface area contributed by atoms with Gasteiger partial charge in [-0.1, -0.05) is 12.8 Å². The van der Waals surface area contributed by atoms with Crippen LogP contribution in [-0.4, -0.2) is 24.9 Å². The zero-order valence-electron chi connectivity index (χ0n) is 18.5. The van der Waals surface area contributed by atoms with Crippen LogP contribution in [0.15, 0.2) is 16.9 Å². The molecule has 2 saturated carbocycles. The molecule has 7 heteroatoms. The van der Waals surface area contributed by atoms with Crippen molar-refractivity contribution in [1.82, 2.24) is 25.1 Å². The smallest absolute Gasteiger partial charge is 0.252 e. The van der Waals surface area contributed by atoms with E-state index in [0.717, 1.165) is 64.9 Å². The van der Waals surface area contributed by atoms with Gasteiger partial charge in [0.2, 0.25) is 0 Å². The van der Waals surface area contributed by atoms with Crippen molar-refractivity contribution >= 4 is 11.0 Å². The van der Waals surface area contributed by atoms with Crippen molar-refractivity contribution < 1.29 is 5.11 Å². The molecular formula is C24H31N5O2. The highest BCUT2D eigenvalue weighted by molar-refractivity contribution is 5.83. The highest BCUT2D eigenvalue weighted by Crippen LogP contribution is 2.42. The molecule has 0 saturated heterocycles. The van der Waals surface area contributed by atoms with Crippen molar-refractivity contribution in [3.8, 4) is 0 Å². The maximum atomic E-state index is 12.4. The van der Waals surface area contributed by atoms with Crippen LogP contribution in [0.2, 0.25) is 0 Å². The number of aliphatic hydroxyl groups is 1. The first kappa shape index (κ1) is 20.4. The fourth-order valence-corrected chi connectivity index (χ4v) is 4.98. The Labute approximate surface area is 181 Å². The third-order valence-corrected chi connectivity index (χ3v) is 6.81. The Hall–Kier alpha value is -2.51. The first-order valence-electron chi connectivity index (χ1n) is 11.4. The maximum absolute atomic E-state index is 12.4. The van der Waals surface area contributed by atoms with Crippen LogP contribution in [0, 0.1) is 20.8 Å². The molecule has 3 N–H and O–H groups in total. The minimum atomic E-state index is -0.900. The van der Waals surface area contributed by atoms with Crippen LogP contribution in [0.25, 0.3) is 11.0 Å². The fourth-order valence-electron chi connectivity index (χ4n) is 4.98. The van der Waals surface area contributed by atoms with E-state index in [2.05, 4.69) is 15.0 Å². The Balaban J connectivity index is 1.52. The molecule has 0 aliphatic heterocycles. The second-order valence-electron chi connectivity index (χ2n) is 9.30. The van der Waals surface area contributed by atoms with Crippen molar-refractivity contribution in [2.75, 3.05) is 0 Å². The number of H-pyrrole nitrogens is 1. The quantitative estimate of drug-likeness (QED) is 0.526. The molecule has 0 bridgehead atoms. The van der Waals surface area contributed by atoms with Crippen LogP contribution in [0.5, 0.6) is 0 Å². The molecule has 2 aliphatic rings. The molecule has 31 heavy (non-hydrogen) atoms. The van der Waals surface area contributed by atoms with Gasteiger partial charge >= 0.3 is 0 Å². The Morgan fingerprint density at radius 2 is 1.94 bits per heavy atom. The molecular weight excluding hydrogens is 390 g/mol. The summed E-state index contributed by atoms with van der Waals surface area (Å²) in [6, 6.07) is 4.39. The van der Waals surface area contributed by atoms with Gasteiger partial charge in [-0.2, -0.15) is 5.10 Å². The van der Waals surface area contributed by atoms with Gasteiger partial charge in [-0.05, 0) is 64.2 Å². The number of hydrogen-bond donors (Lipinski definition) is 3. The van der Waals surface area contributed by atoms with Crippen molar-refractivity contribution in [1.29, 1.82) is 0 Å². The third-order valence-electron chi connectivity index (χ3n) is 6.81. The topological polar surface area (TPSA) is 95.8 Å². The second-order valence-corrected chi connectivity index (χ2v) is 9.30. The standard InChI is InChI=1S/C24H31N5O2/c1-13-10-14(2)26-24(31)19(13)12-25-23(30)18-11-20(16-8-9-16)27-22-21(18)15(3)28-29(22)17-6-4-5-7-17/h10-11,16-17,23,25,30H,4-9,12H2,1-3H3,(H,26,31). The molecule has 3 aromatic rings. The Bertz CT molecular complexity index is 1180. The summed E-state index contributed by atoms with van der Waals surface area (Å²) in [6.07, 6.45) is 6.13. The van der Waals surface area contributed by atoms with E-state index in [0.29, 0.717) is 24.1 Å². The summed E-state index contributed by atoms with van der Waals surface area (Å²) >= 11 is 0.